The zero-order valence-electron chi connectivity index (χ0n) is 12.8. The van der Waals surface area contributed by atoms with Gasteiger partial charge in [0, 0.05) is 12.6 Å². The molecule has 0 aromatic heterocycles. The van der Waals surface area contributed by atoms with Crippen LogP contribution >= 0.6 is 0 Å². The number of rotatable bonds is 1. The van der Waals surface area contributed by atoms with Gasteiger partial charge in [0.1, 0.15) is 0 Å². The molecule has 0 bridgehead atoms. The summed E-state index contributed by atoms with van der Waals surface area (Å²) in [6.45, 7) is 0. The lowest BCUT2D eigenvalue weighted by molar-refractivity contribution is -0.120. The minimum absolute atomic E-state index is 0.0487. The number of para-hydroxylation sites is 1. The fraction of sp³-hybridized carbons (Fsp3) is 0.250. The van der Waals surface area contributed by atoms with Crippen LogP contribution in [-0.4, -0.2) is 13.0 Å². The van der Waals surface area contributed by atoms with Gasteiger partial charge in [0.2, 0.25) is 5.91 Å². The Morgan fingerprint density at radius 3 is 2.55 bits per heavy atom. The van der Waals surface area contributed by atoms with Gasteiger partial charge in [-0.3, -0.25) is 4.79 Å². The van der Waals surface area contributed by atoms with E-state index >= 15 is 0 Å². The third-order valence-corrected chi connectivity index (χ3v) is 4.91. The van der Waals surface area contributed by atoms with Crippen LogP contribution in [0.5, 0.6) is 0 Å². The molecule has 1 atom stereocenters. The second kappa shape index (κ2) is 5.13. The first-order valence-corrected chi connectivity index (χ1v) is 7.93. The van der Waals surface area contributed by atoms with E-state index < -0.39 is 0 Å². The van der Waals surface area contributed by atoms with Gasteiger partial charge in [-0.2, -0.15) is 0 Å². The van der Waals surface area contributed by atoms with Crippen molar-refractivity contribution in [3.63, 3.8) is 0 Å². The molecule has 2 nitrogen and oxygen atoms in total. The maximum atomic E-state index is 12.9. The summed E-state index contributed by atoms with van der Waals surface area (Å²) in [6, 6.07) is 18.8. The van der Waals surface area contributed by atoms with Crippen LogP contribution < -0.4 is 4.90 Å². The fourth-order valence-electron chi connectivity index (χ4n) is 3.87. The van der Waals surface area contributed by atoms with Crippen molar-refractivity contribution in [2.45, 2.75) is 19.3 Å². The Bertz CT molecular complexity index is 760. The SMILES string of the molecule is CN1C(=O)C2CCCC2=C(c2ccccc2)c2ccccc21. The highest BCUT2D eigenvalue weighted by Gasteiger charge is 2.36. The van der Waals surface area contributed by atoms with Gasteiger partial charge in [-0.25, -0.2) is 0 Å². The summed E-state index contributed by atoms with van der Waals surface area (Å²) in [6.07, 6.45) is 3.11. The van der Waals surface area contributed by atoms with Crippen LogP contribution in [0.1, 0.15) is 30.4 Å². The van der Waals surface area contributed by atoms with Gasteiger partial charge < -0.3 is 4.90 Å². The van der Waals surface area contributed by atoms with Gasteiger partial charge in [0.05, 0.1) is 11.6 Å². The van der Waals surface area contributed by atoms with Crippen molar-refractivity contribution in [3.8, 4) is 0 Å². The Hall–Kier alpha value is -2.35. The first-order chi connectivity index (χ1) is 10.8. The molecule has 4 rings (SSSR count). The van der Waals surface area contributed by atoms with E-state index in [9.17, 15) is 4.79 Å². The summed E-state index contributed by atoms with van der Waals surface area (Å²) in [5, 5.41) is 0. The average molecular weight is 289 g/mol. The first kappa shape index (κ1) is 13.3. The van der Waals surface area contributed by atoms with Gasteiger partial charge in [0.25, 0.3) is 0 Å². The number of nitrogens with zero attached hydrogens (tertiary/aromatic N) is 1. The largest absolute Gasteiger partial charge is 0.314 e. The predicted molar refractivity (Wildman–Crippen MR) is 89.7 cm³/mol. The van der Waals surface area contributed by atoms with Gasteiger partial charge >= 0.3 is 0 Å². The zero-order chi connectivity index (χ0) is 15.1. The van der Waals surface area contributed by atoms with E-state index in [1.165, 1.54) is 22.3 Å². The molecule has 0 radical (unpaired) electrons. The quantitative estimate of drug-likeness (QED) is 0.768. The molecule has 2 aliphatic rings. The molecular formula is C20H19NO. The van der Waals surface area contributed by atoms with E-state index in [0.717, 1.165) is 24.9 Å². The average Bonchev–Trinajstić information content (AvgIpc) is 3.01. The predicted octanol–water partition coefficient (Wildman–Crippen LogP) is 4.27. The molecule has 1 amide bonds. The van der Waals surface area contributed by atoms with Crippen molar-refractivity contribution in [1.82, 2.24) is 0 Å². The summed E-state index contributed by atoms with van der Waals surface area (Å²) in [5.41, 5.74) is 6.03. The Morgan fingerprint density at radius 1 is 1.00 bits per heavy atom. The summed E-state index contributed by atoms with van der Waals surface area (Å²) < 4.78 is 0. The monoisotopic (exact) mass is 289 g/mol. The lowest BCUT2D eigenvalue weighted by Crippen LogP contribution is -2.31. The number of hydrogen-bond donors (Lipinski definition) is 0. The Labute approximate surface area is 131 Å². The summed E-state index contributed by atoms with van der Waals surface area (Å²) in [7, 11) is 1.91. The molecule has 1 fully saturated rings. The molecule has 0 N–H and O–H groups in total. The van der Waals surface area contributed by atoms with E-state index in [0.29, 0.717) is 0 Å². The third-order valence-electron chi connectivity index (χ3n) is 4.91. The second-order valence-corrected chi connectivity index (χ2v) is 6.13. The number of carbonyl (C=O) groups is 1. The highest BCUT2D eigenvalue weighted by Crippen LogP contribution is 2.45. The molecule has 1 aliphatic carbocycles. The number of fused-ring (bicyclic) bond motifs is 2. The number of benzene rings is 2. The van der Waals surface area contributed by atoms with Crippen molar-refractivity contribution < 1.29 is 4.79 Å². The molecule has 1 heterocycles. The Kier molecular flexibility index (Phi) is 3.11. The van der Waals surface area contributed by atoms with Crippen LogP contribution in [0, 0.1) is 5.92 Å². The molecule has 0 spiro atoms. The van der Waals surface area contributed by atoms with Gasteiger partial charge in [-0.05, 0) is 42.0 Å². The summed E-state index contributed by atoms with van der Waals surface area (Å²) in [4.78, 5) is 14.7. The van der Waals surface area contributed by atoms with E-state index in [1.54, 1.807) is 0 Å². The number of hydrogen-bond acceptors (Lipinski definition) is 1. The van der Waals surface area contributed by atoms with E-state index in [2.05, 4.69) is 42.5 Å². The van der Waals surface area contributed by atoms with E-state index in [4.69, 9.17) is 0 Å². The maximum absolute atomic E-state index is 12.9. The van der Waals surface area contributed by atoms with Crippen LogP contribution in [0.15, 0.2) is 60.2 Å². The van der Waals surface area contributed by atoms with Crippen molar-refractivity contribution in [2.24, 2.45) is 5.92 Å². The van der Waals surface area contributed by atoms with Gasteiger partial charge in [-0.1, -0.05) is 48.5 Å². The van der Waals surface area contributed by atoms with Crippen molar-refractivity contribution in [1.29, 1.82) is 0 Å². The number of anilines is 1. The van der Waals surface area contributed by atoms with Crippen LogP contribution in [0.2, 0.25) is 0 Å². The van der Waals surface area contributed by atoms with Crippen molar-refractivity contribution >= 4 is 17.2 Å². The Morgan fingerprint density at radius 2 is 1.73 bits per heavy atom. The summed E-state index contributed by atoms with van der Waals surface area (Å²) >= 11 is 0. The molecule has 1 aliphatic heterocycles. The minimum Gasteiger partial charge on any atom is -0.314 e. The smallest absolute Gasteiger partial charge is 0.233 e. The first-order valence-electron chi connectivity index (χ1n) is 7.93. The van der Waals surface area contributed by atoms with Crippen LogP contribution in [-0.2, 0) is 4.79 Å². The normalized spacial score (nSPS) is 20.7. The molecule has 1 saturated carbocycles. The van der Waals surface area contributed by atoms with Crippen LogP contribution in [0.25, 0.3) is 5.57 Å². The standard InChI is InChI=1S/C20H19NO/c1-21-18-13-6-5-10-17(18)19(14-8-3-2-4-9-14)15-11-7-12-16(15)20(21)22/h2-6,8-10,13,16H,7,11-12H2,1H3. The van der Waals surface area contributed by atoms with E-state index in [1.807, 2.05) is 24.1 Å². The highest BCUT2D eigenvalue weighted by molar-refractivity contribution is 6.05. The molecule has 0 saturated heterocycles. The molecule has 22 heavy (non-hydrogen) atoms. The van der Waals surface area contributed by atoms with Crippen LogP contribution in [0.3, 0.4) is 0 Å². The fourth-order valence-corrected chi connectivity index (χ4v) is 3.87. The molecule has 1 unspecified atom stereocenters. The van der Waals surface area contributed by atoms with E-state index in [-0.39, 0.29) is 11.8 Å². The molecule has 2 aromatic carbocycles. The molecular weight excluding hydrogens is 270 g/mol. The van der Waals surface area contributed by atoms with Crippen molar-refractivity contribution in [2.75, 3.05) is 11.9 Å². The third kappa shape index (κ3) is 1.91. The number of carbonyl (C=O) groups excluding carboxylic acids is 1. The van der Waals surface area contributed by atoms with Gasteiger partial charge in [-0.15, -0.1) is 0 Å². The second-order valence-electron chi connectivity index (χ2n) is 6.13. The topological polar surface area (TPSA) is 20.3 Å². The van der Waals surface area contributed by atoms with Gasteiger partial charge in [0.15, 0.2) is 0 Å². The van der Waals surface area contributed by atoms with Crippen LogP contribution in [0.4, 0.5) is 5.69 Å². The summed E-state index contributed by atoms with van der Waals surface area (Å²) in [5.74, 6) is 0.290. The molecule has 2 heteroatoms. The molecule has 2 aromatic rings. The minimum atomic E-state index is 0.0487. The zero-order valence-corrected chi connectivity index (χ0v) is 12.8. The lowest BCUT2D eigenvalue weighted by atomic mass is 9.89. The molecule has 110 valence electrons. The number of amides is 1. The highest BCUT2D eigenvalue weighted by atomic mass is 16.2. The lowest BCUT2D eigenvalue weighted by Gasteiger charge is -2.20. The Balaban J connectivity index is 2.04. The van der Waals surface area contributed by atoms with Crippen molar-refractivity contribution in [3.05, 3.63) is 71.3 Å². The maximum Gasteiger partial charge on any atom is 0.233 e.